The number of aliphatic carboxylic acids is 1. The molecule has 0 saturated heterocycles. The molecule has 0 bridgehead atoms. The van der Waals surface area contributed by atoms with E-state index in [2.05, 4.69) is 10.1 Å². The fourth-order valence-electron chi connectivity index (χ4n) is 2.14. The first-order chi connectivity index (χ1) is 11.1. The summed E-state index contributed by atoms with van der Waals surface area (Å²) in [5, 5.41) is 18.8. The highest BCUT2D eigenvalue weighted by molar-refractivity contribution is 7.08. The third-order valence-corrected chi connectivity index (χ3v) is 4.02. The van der Waals surface area contributed by atoms with Gasteiger partial charge in [0.15, 0.2) is 0 Å². The Labute approximate surface area is 136 Å². The topological polar surface area (TPSA) is 79.0 Å². The molecule has 0 spiro atoms. The van der Waals surface area contributed by atoms with Crippen molar-refractivity contribution in [2.45, 2.75) is 13.3 Å². The summed E-state index contributed by atoms with van der Waals surface area (Å²) in [7, 11) is 0. The first-order valence-electron chi connectivity index (χ1n) is 6.96. The van der Waals surface area contributed by atoms with Crippen LogP contribution in [0, 0.1) is 6.92 Å². The predicted molar refractivity (Wildman–Crippen MR) is 86.3 cm³/mol. The minimum atomic E-state index is -1.19. The van der Waals surface area contributed by atoms with Gasteiger partial charge in [-0.25, -0.2) is 0 Å². The van der Waals surface area contributed by atoms with Gasteiger partial charge in [0.25, 0.3) is 5.89 Å². The number of hydrogen-bond acceptors (Lipinski definition) is 6. The van der Waals surface area contributed by atoms with Crippen LogP contribution < -0.4 is 5.11 Å². The van der Waals surface area contributed by atoms with Gasteiger partial charge in [-0.05, 0) is 35.6 Å². The van der Waals surface area contributed by atoms with Gasteiger partial charge in [-0.1, -0.05) is 29.4 Å². The van der Waals surface area contributed by atoms with Crippen LogP contribution in [0.25, 0.3) is 23.0 Å². The molecule has 0 amide bonds. The molecule has 0 radical (unpaired) electrons. The summed E-state index contributed by atoms with van der Waals surface area (Å²) in [4.78, 5) is 15.4. The zero-order valence-corrected chi connectivity index (χ0v) is 13.2. The molecule has 0 N–H and O–H groups in total. The molecule has 0 aliphatic heterocycles. The van der Waals surface area contributed by atoms with Gasteiger partial charge in [0.05, 0.1) is 0 Å². The normalized spacial score (nSPS) is 11.6. The van der Waals surface area contributed by atoms with Gasteiger partial charge >= 0.3 is 0 Å². The van der Waals surface area contributed by atoms with E-state index in [1.165, 1.54) is 11.3 Å². The van der Waals surface area contributed by atoms with Gasteiger partial charge in [0, 0.05) is 28.9 Å². The molecule has 0 fully saturated rings. The Bertz CT molecular complexity index is 850. The van der Waals surface area contributed by atoms with Crippen LogP contribution in [0.5, 0.6) is 0 Å². The van der Waals surface area contributed by atoms with E-state index in [1.807, 2.05) is 48.0 Å². The predicted octanol–water partition coefficient (Wildman–Crippen LogP) is 2.79. The van der Waals surface area contributed by atoms with E-state index in [0.29, 0.717) is 11.4 Å². The molecule has 3 aromatic rings. The standard InChI is InChI=1S/C17H14N2O3S/c1-11-4-2-3-5-12(11)8-14(9-15(20)21)17-18-16(19-22-17)13-6-7-23-10-13/h2-8,10H,9H2,1H3,(H,20,21)/p-1/b14-8+. The Kier molecular flexibility index (Phi) is 4.34. The highest BCUT2D eigenvalue weighted by atomic mass is 32.1. The lowest BCUT2D eigenvalue weighted by Gasteiger charge is -2.05. The number of rotatable bonds is 5. The number of benzene rings is 1. The first kappa shape index (κ1) is 15.2. The number of thiophene rings is 1. The van der Waals surface area contributed by atoms with Crippen LogP contribution in [0.4, 0.5) is 0 Å². The Balaban J connectivity index is 2.00. The zero-order chi connectivity index (χ0) is 16.2. The molecule has 0 unspecified atom stereocenters. The molecule has 23 heavy (non-hydrogen) atoms. The fraction of sp³-hybridized carbons (Fsp3) is 0.118. The van der Waals surface area contributed by atoms with Crippen LogP contribution in [-0.2, 0) is 4.79 Å². The minimum absolute atomic E-state index is 0.193. The Morgan fingerprint density at radius 3 is 2.87 bits per heavy atom. The van der Waals surface area contributed by atoms with Gasteiger partial charge in [-0.15, -0.1) is 0 Å². The number of carbonyl (C=O) groups is 1. The fourth-order valence-corrected chi connectivity index (χ4v) is 2.78. The lowest BCUT2D eigenvalue weighted by Crippen LogP contribution is -2.22. The smallest absolute Gasteiger partial charge is 0.254 e. The van der Waals surface area contributed by atoms with E-state index in [9.17, 15) is 9.90 Å². The molecular formula is C17H13N2O3S-. The van der Waals surface area contributed by atoms with E-state index < -0.39 is 5.97 Å². The van der Waals surface area contributed by atoms with Crippen molar-refractivity contribution in [2.24, 2.45) is 0 Å². The molecule has 5 nitrogen and oxygen atoms in total. The van der Waals surface area contributed by atoms with Crippen LogP contribution in [0.15, 0.2) is 45.6 Å². The molecule has 0 saturated carbocycles. The second kappa shape index (κ2) is 6.58. The number of hydrogen-bond donors (Lipinski definition) is 0. The maximum atomic E-state index is 11.1. The summed E-state index contributed by atoms with van der Waals surface area (Å²) in [5.41, 5.74) is 3.20. The molecule has 2 aromatic heterocycles. The molecular weight excluding hydrogens is 312 g/mol. The van der Waals surface area contributed by atoms with Gasteiger partial charge in [-0.2, -0.15) is 16.3 Å². The van der Waals surface area contributed by atoms with Crippen molar-refractivity contribution in [1.82, 2.24) is 10.1 Å². The zero-order valence-electron chi connectivity index (χ0n) is 12.4. The van der Waals surface area contributed by atoms with Gasteiger partial charge in [0.2, 0.25) is 5.82 Å². The van der Waals surface area contributed by atoms with Gasteiger partial charge < -0.3 is 14.4 Å². The molecule has 0 aliphatic rings. The van der Waals surface area contributed by atoms with Crippen molar-refractivity contribution >= 4 is 29.0 Å². The monoisotopic (exact) mass is 325 g/mol. The van der Waals surface area contributed by atoms with E-state index >= 15 is 0 Å². The number of carboxylic acid groups (broad SMARTS) is 1. The van der Waals surface area contributed by atoms with Crippen molar-refractivity contribution in [3.05, 3.63) is 58.1 Å². The summed E-state index contributed by atoms with van der Waals surface area (Å²) < 4.78 is 5.25. The lowest BCUT2D eigenvalue weighted by atomic mass is 10.0. The highest BCUT2D eigenvalue weighted by Crippen LogP contribution is 2.25. The van der Waals surface area contributed by atoms with Gasteiger partial charge in [-0.3, -0.25) is 0 Å². The molecule has 3 rings (SSSR count). The first-order valence-corrected chi connectivity index (χ1v) is 7.90. The maximum absolute atomic E-state index is 11.1. The Hall–Kier alpha value is -2.73. The van der Waals surface area contributed by atoms with Crippen LogP contribution in [0.2, 0.25) is 0 Å². The van der Waals surface area contributed by atoms with Crippen LogP contribution in [0.3, 0.4) is 0 Å². The SMILES string of the molecule is Cc1ccccc1/C=C(\CC(=O)[O-])c1nc(-c2ccsc2)no1. The number of carboxylic acids is 1. The van der Waals surface area contributed by atoms with Crippen LogP contribution in [0.1, 0.15) is 23.4 Å². The molecule has 6 heteroatoms. The minimum Gasteiger partial charge on any atom is -0.550 e. The van der Waals surface area contributed by atoms with Crippen molar-refractivity contribution < 1.29 is 14.4 Å². The van der Waals surface area contributed by atoms with Crippen molar-refractivity contribution in [2.75, 3.05) is 0 Å². The quantitative estimate of drug-likeness (QED) is 0.720. The van der Waals surface area contributed by atoms with Crippen molar-refractivity contribution in [3.8, 4) is 11.4 Å². The largest absolute Gasteiger partial charge is 0.550 e. The van der Waals surface area contributed by atoms with Gasteiger partial charge in [0.1, 0.15) is 0 Å². The van der Waals surface area contributed by atoms with E-state index in [1.54, 1.807) is 6.08 Å². The number of nitrogens with zero attached hydrogens (tertiary/aromatic N) is 2. The molecule has 0 aliphatic carbocycles. The van der Waals surface area contributed by atoms with Crippen LogP contribution in [-0.4, -0.2) is 16.1 Å². The second-order valence-corrected chi connectivity index (χ2v) is 5.79. The summed E-state index contributed by atoms with van der Waals surface area (Å²) in [6.07, 6.45) is 1.45. The number of aromatic nitrogens is 2. The average Bonchev–Trinajstić information content (AvgIpc) is 3.19. The Morgan fingerprint density at radius 1 is 1.35 bits per heavy atom. The average molecular weight is 325 g/mol. The Morgan fingerprint density at radius 2 is 2.17 bits per heavy atom. The molecule has 0 atom stereocenters. The molecule has 1 aromatic carbocycles. The molecule has 116 valence electrons. The third-order valence-electron chi connectivity index (χ3n) is 3.33. The van der Waals surface area contributed by atoms with Crippen LogP contribution >= 0.6 is 11.3 Å². The van der Waals surface area contributed by atoms with Crippen molar-refractivity contribution in [1.29, 1.82) is 0 Å². The summed E-state index contributed by atoms with van der Waals surface area (Å²) in [6, 6.07) is 9.54. The third kappa shape index (κ3) is 3.54. The molecule has 2 heterocycles. The number of carbonyl (C=O) groups excluding carboxylic acids is 1. The van der Waals surface area contributed by atoms with E-state index in [0.717, 1.165) is 16.7 Å². The number of aryl methyl sites for hydroxylation is 1. The second-order valence-electron chi connectivity index (χ2n) is 5.01. The summed E-state index contributed by atoms with van der Waals surface area (Å²) in [6.45, 7) is 1.95. The van der Waals surface area contributed by atoms with Crippen molar-refractivity contribution in [3.63, 3.8) is 0 Å². The lowest BCUT2D eigenvalue weighted by molar-refractivity contribution is -0.304. The summed E-state index contributed by atoms with van der Waals surface area (Å²) in [5.74, 6) is -0.561. The van der Waals surface area contributed by atoms with E-state index in [-0.39, 0.29) is 12.3 Å². The maximum Gasteiger partial charge on any atom is 0.254 e. The highest BCUT2D eigenvalue weighted by Gasteiger charge is 2.14. The summed E-state index contributed by atoms with van der Waals surface area (Å²) >= 11 is 1.53. The van der Waals surface area contributed by atoms with E-state index in [4.69, 9.17) is 4.52 Å².